The molecule has 146 valence electrons. The lowest BCUT2D eigenvalue weighted by Crippen LogP contribution is -2.23. The number of anilines is 1. The zero-order valence-corrected chi connectivity index (χ0v) is 15.9. The van der Waals surface area contributed by atoms with E-state index in [1.807, 2.05) is 24.3 Å². The van der Waals surface area contributed by atoms with Crippen molar-refractivity contribution >= 4 is 23.6 Å². The molecule has 2 heterocycles. The highest BCUT2D eigenvalue weighted by molar-refractivity contribution is 5.95. The van der Waals surface area contributed by atoms with Gasteiger partial charge in [0.15, 0.2) is 0 Å². The molecule has 0 spiro atoms. The van der Waals surface area contributed by atoms with Gasteiger partial charge in [0.05, 0.1) is 0 Å². The number of rotatable bonds is 5. The fraction of sp³-hybridized carbons (Fsp3) is 0.182. The molecule has 1 aromatic heterocycles. The van der Waals surface area contributed by atoms with Crippen LogP contribution < -0.4 is 9.64 Å². The summed E-state index contributed by atoms with van der Waals surface area (Å²) < 4.78 is 10.3. The van der Waals surface area contributed by atoms with Crippen LogP contribution in [0.15, 0.2) is 59.1 Å². The molecule has 7 nitrogen and oxygen atoms in total. The number of hydrogen-bond acceptors (Lipinski definition) is 6. The lowest BCUT2D eigenvalue weighted by molar-refractivity contribution is -0.128. The summed E-state index contributed by atoms with van der Waals surface area (Å²) in [5.74, 6) is 1.07. The number of ether oxygens (including phenoxy) is 1. The molecule has 0 radical (unpaired) electrons. The maximum absolute atomic E-state index is 12.1. The first kappa shape index (κ1) is 18.6. The summed E-state index contributed by atoms with van der Waals surface area (Å²) >= 11 is 0. The van der Waals surface area contributed by atoms with Crippen LogP contribution in [0.3, 0.4) is 0 Å². The Morgan fingerprint density at radius 2 is 1.90 bits per heavy atom. The molecule has 0 atom stereocenters. The van der Waals surface area contributed by atoms with E-state index in [9.17, 15) is 9.59 Å². The number of carbonyl (C=O) groups is 2. The molecule has 0 aliphatic carbocycles. The highest BCUT2D eigenvalue weighted by Crippen LogP contribution is 2.22. The van der Waals surface area contributed by atoms with Gasteiger partial charge in [-0.05, 0) is 54.5 Å². The van der Waals surface area contributed by atoms with Crippen LogP contribution in [0.5, 0.6) is 5.75 Å². The summed E-state index contributed by atoms with van der Waals surface area (Å²) in [5, 5.41) is 3.85. The van der Waals surface area contributed by atoms with Gasteiger partial charge in [0.1, 0.15) is 5.75 Å². The second-order valence-corrected chi connectivity index (χ2v) is 6.66. The molecule has 3 aromatic rings. The molecule has 29 heavy (non-hydrogen) atoms. The predicted octanol–water partition coefficient (Wildman–Crippen LogP) is 3.79. The number of aromatic nitrogens is 2. The van der Waals surface area contributed by atoms with E-state index in [-0.39, 0.29) is 5.91 Å². The van der Waals surface area contributed by atoms with Crippen molar-refractivity contribution in [3.63, 3.8) is 0 Å². The molecule has 1 saturated heterocycles. The van der Waals surface area contributed by atoms with Gasteiger partial charge in [-0.3, -0.25) is 4.79 Å². The van der Waals surface area contributed by atoms with Crippen LogP contribution in [0.25, 0.3) is 17.5 Å². The molecule has 0 bridgehead atoms. The van der Waals surface area contributed by atoms with Gasteiger partial charge < -0.3 is 14.2 Å². The number of aryl methyl sites for hydroxylation is 1. The molecule has 4 rings (SSSR count). The highest BCUT2D eigenvalue weighted by atomic mass is 16.5. The average molecular weight is 389 g/mol. The zero-order valence-electron chi connectivity index (χ0n) is 15.9. The van der Waals surface area contributed by atoms with E-state index in [1.54, 1.807) is 42.2 Å². The van der Waals surface area contributed by atoms with Crippen LogP contribution in [0.4, 0.5) is 5.69 Å². The van der Waals surface area contributed by atoms with Crippen LogP contribution in [-0.4, -0.2) is 28.6 Å². The summed E-state index contributed by atoms with van der Waals surface area (Å²) in [6.07, 6.45) is 4.53. The zero-order chi connectivity index (χ0) is 20.2. The van der Waals surface area contributed by atoms with Gasteiger partial charge >= 0.3 is 5.97 Å². The van der Waals surface area contributed by atoms with Crippen LogP contribution in [0, 0.1) is 6.92 Å². The third-order valence-corrected chi connectivity index (χ3v) is 4.55. The lowest BCUT2D eigenvalue weighted by atomic mass is 10.2. The Bertz CT molecular complexity index is 1050. The van der Waals surface area contributed by atoms with Crippen molar-refractivity contribution in [2.45, 2.75) is 19.8 Å². The smallest absolute Gasteiger partial charge is 0.336 e. The van der Waals surface area contributed by atoms with Crippen molar-refractivity contribution < 1.29 is 18.8 Å². The highest BCUT2D eigenvalue weighted by Gasteiger charge is 2.21. The molecular weight excluding hydrogens is 370 g/mol. The van der Waals surface area contributed by atoms with E-state index in [4.69, 9.17) is 9.26 Å². The van der Waals surface area contributed by atoms with Gasteiger partial charge in [-0.1, -0.05) is 17.3 Å². The van der Waals surface area contributed by atoms with E-state index < -0.39 is 5.97 Å². The predicted molar refractivity (Wildman–Crippen MR) is 107 cm³/mol. The quantitative estimate of drug-likeness (QED) is 0.375. The first-order valence-electron chi connectivity index (χ1n) is 9.29. The Hall–Kier alpha value is -3.74. The van der Waals surface area contributed by atoms with Crippen molar-refractivity contribution in [1.29, 1.82) is 0 Å². The molecule has 0 saturated carbocycles. The third-order valence-electron chi connectivity index (χ3n) is 4.55. The number of hydrogen-bond donors (Lipinski definition) is 0. The Morgan fingerprint density at radius 1 is 1.14 bits per heavy atom. The van der Waals surface area contributed by atoms with Crippen LogP contribution in [-0.2, 0) is 9.59 Å². The summed E-state index contributed by atoms with van der Waals surface area (Å²) in [4.78, 5) is 29.8. The van der Waals surface area contributed by atoms with Gasteiger partial charge in [-0.15, -0.1) is 0 Å². The molecule has 1 aliphatic rings. The van der Waals surface area contributed by atoms with Gasteiger partial charge in [-0.25, -0.2) is 4.79 Å². The average Bonchev–Trinajstić information content (AvgIpc) is 3.36. The van der Waals surface area contributed by atoms with E-state index >= 15 is 0 Å². The van der Waals surface area contributed by atoms with E-state index in [0.29, 0.717) is 23.9 Å². The lowest BCUT2D eigenvalue weighted by Gasteiger charge is -2.15. The normalized spacial score (nSPS) is 14.0. The first-order valence-corrected chi connectivity index (χ1v) is 9.29. The van der Waals surface area contributed by atoms with E-state index in [2.05, 4.69) is 10.1 Å². The van der Waals surface area contributed by atoms with E-state index in [1.165, 1.54) is 6.08 Å². The molecule has 0 unspecified atom stereocenters. The summed E-state index contributed by atoms with van der Waals surface area (Å²) in [6.45, 7) is 2.48. The Morgan fingerprint density at radius 3 is 2.52 bits per heavy atom. The topological polar surface area (TPSA) is 85.5 Å². The number of esters is 1. The second kappa shape index (κ2) is 8.10. The molecular formula is C22H19N3O4. The van der Waals surface area contributed by atoms with E-state index in [0.717, 1.165) is 29.8 Å². The van der Waals surface area contributed by atoms with Crippen LogP contribution >= 0.6 is 0 Å². The van der Waals surface area contributed by atoms with Crippen LogP contribution in [0.2, 0.25) is 0 Å². The standard InChI is InChI=1S/C22H19N3O4/c1-15-23-22(24-29-15)17-7-11-19(12-8-17)28-21(27)13-6-16-4-9-18(10-5-16)25-14-2-3-20(25)26/h4-13H,2-3,14H2,1H3/b13-6+. The van der Waals surface area contributed by atoms with Crippen molar-refractivity contribution in [1.82, 2.24) is 10.1 Å². The Labute approximate surface area is 167 Å². The molecule has 2 aromatic carbocycles. The molecule has 0 N–H and O–H groups in total. The fourth-order valence-electron chi connectivity index (χ4n) is 3.09. The van der Waals surface area contributed by atoms with Crippen LogP contribution in [0.1, 0.15) is 24.3 Å². The number of nitrogens with zero attached hydrogens (tertiary/aromatic N) is 3. The van der Waals surface area contributed by atoms with Gasteiger partial charge in [0.25, 0.3) is 0 Å². The van der Waals surface area contributed by atoms with Crippen molar-refractivity contribution in [3.8, 4) is 17.1 Å². The molecule has 7 heteroatoms. The monoisotopic (exact) mass is 389 g/mol. The maximum Gasteiger partial charge on any atom is 0.336 e. The third kappa shape index (κ3) is 4.40. The summed E-state index contributed by atoms with van der Waals surface area (Å²) in [7, 11) is 0. The Balaban J connectivity index is 1.35. The van der Waals surface area contributed by atoms with Crippen molar-refractivity contribution in [2.75, 3.05) is 11.4 Å². The minimum Gasteiger partial charge on any atom is -0.423 e. The first-order chi connectivity index (χ1) is 14.1. The molecule has 1 aliphatic heterocycles. The maximum atomic E-state index is 12.1. The van der Waals surface area contributed by atoms with Gasteiger partial charge in [0, 0.05) is 37.2 Å². The minimum absolute atomic E-state index is 0.150. The number of amides is 1. The molecule has 1 amide bonds. The number of carbonyl (C=O) groups excluding carboxylic acids is 2. The fourth-order valence-corrected chi connectivity index (χ4v) is 3.09. The summed E-state index contributed by atoms with van der Waals surface area (Å²) in [5.41, 5.74) is 2.50. The second-order valence-electron chi connectivity index (χ2n) is 6.66. The van der Waals surface area contributed by atoms with Gasteiger partial charge in [0.2, 0.25) is 17.6 Å². The van der Waals surface area contributed by atoms with Gasteiger partial charge in [-0.2, -0.15) is 4.98 Å². The number of benzene rings is 2. The van der Waals surface area contributed by atoms with Crippen molar-refractivity contribution in [2.24, 2.45) is 0 Å². The van der Waals surface area contributed by atoms with Crippen molar-refractivity contribution in [3.05, 3.63) is 66.1 Å². The SMILES string of the molecule is Cc1nc(-c2ccc(OC(=O)/C=C/c3ccc(N4CCCC4=O)cc3)cc2)no1. The Kier molecular flexibility index (Phi) is 5.20. The molecule has 1 fully saturated rings. The minimum atomic E-state index is -0.480. The largest absolute Gasteiger partial charge is 0.423 e. The summed E-state index contributed by atoms with van der Waals surface area (Å²) in [6, 6.07) is 14.4.